The van der Waals surface area contributed by atoms with Crippen LogP contribution >= 0.6 is 0 Å². The molecule has 2 aromatic carbocycles. The summed E-state index contributed by atoms with van der Waals surface area (Å²) in [4.78, 5) is 37.4. The van der Waals surface area contributed by atoms with Crippen molar-refractivity contribution in [3.63, 3.8) is 0 Å². The number of phenolic OH excluding ortho intramolecular Hbond substituents is 2. The molecule has 0 radical (unpaired) electrons. The lowest BCUT2D eigenvalue weighted by Crippen LogP contribution is -2.51. The first-order valence-electron chi connectivity index (χ1n) is 12.9. The molecule has 5 unspecified atom stereocenters. The lowest BCUT2D eigenvalue weighted by atomic mass is 9.49. The number of fused-ring (bicyclic) bond motifs is 1. The maximum atomic E-state index is 13.4. The number of aromatic hydroxyl groups is 2. The monoisotopic (exact) mass is 503 g/mol. The Morgan fingerprint density at radius 2 is 1.89 bits per heavy atom. The van der Waals surface area contributed by atoms with E-state index < -0.39 is 22.7 Å². The summed E-state index contributed by atoms with van der Waals surface area (Å²) >= 11 is 0. The number of hydrogen-bond acceptors (Lipinski definition) is 6. The minimum Gasteiger partial charge on any atom is -0.506 e. The molecule has 37 heavy (non-hydrogen) atoms. The quantitative estimate of drug-likeness (QED) is 0.334. The number of anilines is 1. The topological polar surface area (TPSA) is 124 Å². The van der Waals surface area contributed by atoms with Crippen molar-refractivity contribution in [1.82, 2.24) is 0 Å². The third kappa shape index (κ3) is 3.87. The summed E-state index contributed by atoms with van der Waals surface area (Å²) in [6.07, 6.45) is 6.50. The van der Waals surface area contributed by atoms with Gasteiger partial charge in [0.25, 0.3) is 0 Å². The van der Waals surface area contributed by atoms with Crippen LogP contribution in [0.1, 0.15) is 61.9 Å². The fourth-order valence-corrected chi connectivity index (χ4v) is 7.82. The molecule has 2 aromatic rings. The Labute approximate surface area is 216 Å². The minimum absolute atomic E-state index is 0.00798. The summed E-state index contributed by atoms with van der Waals surface area (Å²) in [6.45, 7) is 4.07. The third-order valence-electron chi connectivity index (χ3n) is 9.28. The van der Waals surface area contributed by atoms with E-state index in [-0.39, 0.29) is 58.8 Å². The van der Waals surface area contributed by atoms with Crippen molar-refractivity contribution in [3.05, 3.63) is 65.7 Å². The molecule has 2 fully saturated rings. The zero-order chi connectivity index (χ0) is 26.6. The van der Waals surface area contributed by atoms with E-state index in [1.165, 1.54) is 12.1 Å². The van der Waals surface area contributed by atoms with E-state index in [1.807, 2.05) is 43.3 Å². The molecular weight excluding hydrogens is 470 g/mol. The first kappa shape index (κ1) is 25.2. The maximum Gasteiger partial charge on any atom is 0.224 e. The van der Waals surface area contributed by atoms with Gasteiger partial charge in [0.05, 0.1) is 11.2 Å². The van der Waals surface area contributed by atoms with Crippen LogP contribution < -0.4 is 5.32 Å². The molecule has 5 rings (SSSR count). The number of hydrogen-bond donors (Lipinski definition) is 4. The summed E-state index contributed by atoms with van der Waals surface area (Å²) in [5.41, 5.74) is -1.48. The van der Waals surface area contributed by atoms with E-state index in [9.17, 15) is 29.7 Å². The Morgan fingerprint density at radius 3 is 2.59 bits per heavy atom. The van der Waals surface area contributed by atoms with E-state index in [2.05, 4.69) is 12.2 Å². The number of aldehydes is 1. The average Bonchev–Trinajstić information content (AvgIpc) is 3.11. The van der Waals surface area contributed by atoms with Gasteiger partial charge >= 0.3 is 0 Å². The standard InChI is InChI=1S/C30H33NO6/c1-18-14-21-15-29(17-30(21,37)20-6-4-3-5-7-20)13-10-23(34)28(2,27(18)29)12-11-24(35)31-25-22(33)9-8-19(16-32)26(25)36/h3-10,13,16,18,21,27,33,36-37H,11-12,14-15,17H2,1-2H3,(H,31,35)/t18?,21?,27?,28-,29?,30?/m1/s1. The highest BCUT2D eigenvalue weighted by Crippen LogP contribution is 2.69. The predicted molar refractivity (Wildman–Crippen MR) is 138 cm³/mol. The van der Waals surface area contributed by atoms with Crippen molar-refractivity contribution in [2.24, 2.45) is 28.6 Å². The number of ketones is 1. The van der Waals surface area contributed by atoms with E-state index in [0.717, 1.165) is 18.4 Å². The van der Waals surface area contributed by atoms with Gasteiger partial charge in [-0.3, -0.25) is 14.4 Å². The highest BCUT2D eigenvalue weighted by molar-refractivity contribution is 5.99. The van der Waals surface area contributed by atoms with Crippen LogP contribution in [0.5, 0.6) is 11.5 Å². The van der Waals surface area contributed by atoms with Gasteiger partial charge in [0.15, 0.2) is 17.8 Å². The molecule has 2 bridgehead atoms. The lowest BCUT2D eigenvalue weighted by Gasteiger charge is -2.53. The molecule has 6 atom stereocenters. The van der Waals surface area contributed by atoms with Gasteiger partial charge in [-0.05, 0) is 72.6 Å². The Hall–Kier alpha value is -3.45. The van der Waals surface area contributed by atoms with Crippen molar-refractivity contribution in [2.45, 2.75) is 51.6 Å². The van der Waals surface area contributed by atoms with E-state index in [4.69, 9.17) is 0 Å². The van der Waals surface area contributed by atoms with Crippen LogP contribution in [0, 0.1) is 28.6 Å². The fraction of sp³-hybridized carbons (Fsp3) is 0.433. The highest BCUT2D eigenvalue weighted by atomic mass is 16.3. The van der Waals surface area contributed by atoms with Crippen molar-refractivity contribution < 1.29 is 29.7 Å². The van der Waals surface area contributed by atoms with Gasteiger partial charge in [-0.15, -0.1) is 0 Å². The number of rotatable bonds is 6. The van der Waals surface area contributed by atoms with Crippen molar-refractivity contribution in [2.75, 3.05) is 5.32 Å². The summed E-state index contributed by atoms with van der Waals surface area (Å²) in [5.74, 6) is -1.14. The van der Waals surface area contributed by atoms with Crippen LogP contribution in [-0.2, 0) is 15.2 Å². The van der Waals surface area contributed by atoms with Crippen LogP contribution in [0.4, 0.5) is 5.69 Å². The Kier molecular flexibility index (Phi) is 6.02. The van der Waals surface area contributed by atoms with Gasteiger partial charge in [0.1, 0.15) is 11.4 Å². The van der Waals surface area contributed by atoms with Crippen LogP contribution in [0.15, 0.2) is 54.6 Å². The normalized spacial score (nSPS) is 34.1. The number of carbonyl (C=O) groups excluding carboxylic acids is 3. The second-order valence-corrected chi connectivity index (χ2v) is 11.5. The molecule has 0 aliphatic heterocycles. The molecular formula is C30H33NO6. The van der Waals surface area contributed by atoms with Crippen molar-refractivity contribution in [3.8, 4) is 11.5 Å². The first-order valence-corrected chi connectivity index (χ1v) is 12.9. The molecule has 0 saturated heterocycles. The van der Waals surface area contributed by atoms with Gasteiger partial charge < -0.3 is 20.6 Å². The van der Waals surface area contributed by atoms with Crippen LogP contribution in [0.25, 0.3) is 0 Å². The average molecular weight is 504 g/mol. The van der Waals surface area contributed by atoms with E-state index >= 15 is 0 Å². The SMILES string of the molecule is CC1CC2CC3(C=CC(=O)[C@@](C)(CCC(=O)Nc4c(O)ccc(C=O)c4O)C13)CC2(O)c1ccccc1. The van der Waals surface area contributed by atoms with Crippen LogP contribution in [-0.4, -0.2) is 33.3 Å². The number of benzene rings is 2. The van der Waals surface area contributed by atoms with Crippen molar-refractivity contribution in [1.29, 1.82) is 0 Å². The summed E-state index contributed by atoms with van der Waals surface area (Å²) in [6, 6.07) is 12.3. The molecule has 0 aromatic heterocycles. The second-order valence-electron chi connectivity index (χ2n) is 11.5. The van der Waals surface area contributed by atoms with Gasteiger partial charge in [-0.1, -0.05) is 50.3 Å². The zero-order valence-electron chi connectivity index (χ0n) is 21.1. The van der Waals surface area contributed by atoms with E-state index in [1.54, 1.807) is 6.08 Å². The number of allylic oxidation sites excluding steroid dienone is 2. The van der Waals surface area contributed by atoms with Gasteiger partial charge in [-0.2, -0.15) is 0 Å². The molecule has 0 heterocycles. The zero-order valence-corrected chi connectivity index (χ0v) is 21.1. The molecule has 2 saturated carbocycles. The van der Waals surface area contributed by atoms with Gasteiger partial charge in [0.2, 0.25) is 5.91 Å². The Bertz CT molecular complexity index is 1290. The van der Waals surface area contributed by atoms with Crippen LogP contribution in [0.3, 0.4) is 0 Å². The number of phenols is 2. The third-order valence-corrected chi connectivity index (χ3v) is 9.28. The second kappa shape index (κ2) is 8.84. The maximum absolute atomic E-state index is 13.4. The fourth-order valence-electron chi connectivity index (χ4n) is 7.82. The summed E-state index contributed by atoms with van der Waals surface area (Å²) in [7, 11) is 0. The van der Waals surface area contributed by atoms with Gasteiger partial charge in [-0.25, -0.2) is 0 Å². The molecule has 7 heteroatoms. The predicted octanol–water partition coefficient (Wildman–Crippen LogP) is 4.71. The number of amides is 1. The molecule has 194 valence electrons. The molecule has 3 aliphatic carbocycles. The Morgan fingerprint density at radius 1 is 1.16 bits per heavy atom. The largest absolute Gasteiger partial charge is 0.506 e. The molecule has 3 aliphatic rings. The smallest absolute Gasteiger partial charge is 0.224 e. The number of nitrogens with one attached hydrogen (secondary N) is 1. The highest BCUT2D eigenvalue weighted by Gasteiger charge is 2.66. The lowest BCUT2D eigenvalue weighted by molar-refractivity contribution is -0.136. The van der Waals surface area contributed by atoms with Crippen LogP contribution in [0.2, 0.25) is 0 Å². The molecule has 4 N–H and O–H groups in total. The number of carbonyl (C=O) groups is 3. The Balaban J connectivity index is 1.40. The molecule has 1 spiro atoms. The summed E-state index contributed by atoms with van der Waals surface area (Å²) in [5, 5.41) is 34.8. The minimum atomic E-state index is -0.966. The van der Waals surface area contributed by atoms with Crippen molar-refractivity contribution >= 4 is 23.7 Å². The van der Waals surface area contributed by atoms with Gasteiger partial charge in [0, 0.05) is 11.8 Å². The number of aliphatic hydroxyl groups is 1. The van der Waals surface area contributed by atoms with E-state index in [0.29, 0.717) is 12.7 Å². The summed E-state index contributed by atoms with van der Waals surface area (Å²) < 4.78 is 0. The molecule has 1 amide bonds. The molecule has 7 nitrogen and oxygen atoms in total. The first-order chi connectivity index (χ1) is 17.5.